The Kier molecular flexibility index (Phi) is 5.07. The fraction of sp³-hybridized carbons (Fsp3) is 0.875. The number of carboxylic acids is 1. The van der Waals surface area contributed by atoms with Crippen molar-refractivity contribution < 1.29 is 14.1 Å². The summed E-state index contributed by atoms with van der Waals surface area (Å²) in [6.45, 7) is 3.59. The van der Waals surface area contributed by atoms with E-state index in [9.17, 15) is 9.00 Å². The van der Waals surface area contributed by atoms with Crippen molar-refractivity contribution in [3.05, 3.63) is 0 Å². The van der Waals surface area contributed by atoms with Crippen LogP contribution in [0.2, 0.25) is 0 Å². The molecule has 6 heteroatoms. The zero-order valence-corrected chi connectivity index (χ0v) is 9.34. The molecule has 0 rings (SSSR count). The Bertz CT molecular complexity index is 287. The molecule has 0 saturated carbocycles. The van der Waals surface area contributed by atoms with E-state index in [0.717, 1.165) is 0 Å². The molecule has 3 unspecified atom stereocenters. The van der Waals surface area contributed by atoms with Crippen LogP contribution < -0.4 is 5.73 Å². The zero-order valence-electron chi connectivity index (χ0n) is 8.53. The second-order valence-corrected chi connectivity index (χ2v) is 6.05. The number of carboxylic acid groups (broad SMARTS) is 1. The summed E-state index contributed by atoms with van der Waals surface area (Å²) in [7, 11) is -2.68. The zero-order chi connectivity index (χ0) is 11.4. The van der Waals surface area contributed by atoms with Gasteiger partial charge in [0.2, 0.25) is 0 Å². The number of nitrogens with one attached hydrogen (secondary N) is 1. The van der Waals surface area contributed by atoms with Crippen LogP contribution in [0.1, 0.15) is 26.7 Å². The highest BCUT2D eigenvalue weighted by molar-refractivity contribution is 7.93. The summed E-state index contributed by atoms with van der Waals surface area (Å²) in [5.41, 5.74) is 5.26. The second-order valence-electron chi connectivity index (χ2n) is 3.38. The Morgan fingerprint density at radius 3 is 2.50 bits per heavy atom. The Labute approximate surface area is 84.7 Å². The standard InChI is InChI=1S/C8H18N2O3S/c1-3-6(2)14(10,13)5-4-7(9)8(11)12/h6-7,10H,3-5,9H2,1-2H3,(H,11,12). The molecule has 84 valence electrons. The average molecular weight is 222 g/mol. The molecule has 0 heterocycles. The van der Waals surface area contributed by atoms with Crippen LogP contribution in [0.25, 0.3) is 0 Å². The number of rotatable bonds is 6. The van der Waals surface area contributed by atoms with Crippen molar-refractivity contribution in [2.75, 3.05) is 5.75 Å². The van der Waals surface area contributed by atoms with E-state index in [1.54, 1.807) is 6.92 Å². The maximum absolute atomic E-state index is 11.7. The van der Waals surface area contributed by atoms with E-state index in [4.69, 9.17) is 15.6 Å². The maximum Gasteiger partial charge on any atom is 0.320 e. The van der Waals surface area contributed by atoms with Crippen molar-refractivity contribution in [2.45, 2.75) is 38.0 Å². The molecular weight excluding hydrogens is 204 g/mol. The summed E-state index contributed by atoms with van der Waals surface area (Å²) < 4.78 is 19.2. The third kappa shape index (κ3) is 4.06. The number of nitrogens with two attached hydrogens (primary N) is 1. The second kappa shape index (κ2) is 5.31. The monoisotopic (exact) mass is 222 g/mol. The highest BCUT2D eigenvalue weighted by Gasteiger charge is 2.19. The Morgan fingerprint density at radius 2 is 2.14 bits per heavy atom. The summed E-state index contributed by atoms with van der Waals surface area (Å²) in [6, 6.07) is -1.01. The smallest absolute Gasteiger partial charge is 0.320 e. The lowest BCUT2D eigenvalue weighted by atomic mass is 10.2. The van der Waals surface area contributed by atoms with Gasteiger partial charge in [-0.2, -0.15) is 0 Å². The van der Waals surface area contributed by atoms with E-state index in [1.165, 1.54) is 0 Å². The number of carbonyl (C=O) groups is 1. The molecule has 14 heavy (non-hydrogen) atoms. The SMILES string of the molecule is CCC(C)S(=N)(=O)CCC(N)C(=O)O. The first-order valence-electron chi connectivity index (χ1n) is 4.55. The van der Waals surface area contributed by atoms with Gasteiger partial charge in [0.25, 0.3) is 0 Å². The minimum Gasteiger partial charge on any atom is -0.480 e. The molecule has 0 saturated heterocycles. The summed E-state index contributed by atoms with van der Waals surface area (Å²) in [5.74, 6) is -1.04. The molecule has 5 nitrogen and oxygen atoms in total. The quantitative estimate of drug-likeness (QED) is 0.613. The van der Waals surface area contributed by atoms with E-state index in [-0.39, 0.29) is 17.4 Å². The van der Waals surface area contributed by atoms with Gasteiger partial charge in [-0.15, -0.1) is 0 Å². The first kappa shape index (κ1) is 13.4. The van der Waals surface area contributed by atoms with Gasteiger partial charge >= 0.3 is 5.97 Å². The van der Waals surface area contributed by atoms with E-state index in [1.807, 2.05) is 6.92 Å². The molecule has 0 radical (unpaired) electrons. The molecule has 0 bridgehead atoms. The molecule has 0 aromatic carbocycles. The summed E-state index contributed by atoms with van der Waals surface area (Å²) >= 11 is 0. The number of hydrogen-bond acceptors (Lipinski definition) is 4. The van der Waals surface area contributed by atoms with Crippen LogP contribution >= 0.6 is 0 Å². The molecular formula is C8H18N2O3S. The third-order valence-electron chi connectivity index (χ3n) is 2.27. The lowest BCUT2D eigenvalue weighted by Gasteiger charge is -2.14. The van der Waals surface area contributed by atoms with Crippen LogP contribution in [0.15, 0.2) is 0 Å². The van der Waals surface area contributed by atoms with Crippen LogP contribution in [0.4, 0.5) is 0 Å². The van der Waals surface area contributed by atoms with E-state index in [2.05, 4.69) is 0 Å². The van der Waals surface area contributed by atoms with Crippen LogP contribution in [0, 0.1) is 4.78 Å². The third-order valence-corrected chi connectivity index (χ3v) is 4.75. The van der Waals surface area contributed by atoms with Gasteiger partial charge in [-0.3, -0.25) is 9.57 Å². The Balaban J connectivity index is 4.20. The maximum atomic E-state index is 11.7. The van der Waals surface area contributed by atoms with E-state index in [0.29, 0.717) is 6.42 Å². The van der Waals surface area contributed by atoms with Crippen LogP contribution in [0.5, 0.6) is 0 Å². The van der Waals surface area contributed by atoms with Crippen molar-refractivity contribution in [3.63, 3.8) is 0 Å². The van der Waals surface area contributed by atoms with Crippen molar-refractivity contribution in [2.24, 2.45) is 5.73 Å². The highest BCUT2D eigenvalue weighted by atomic mass is 32.2. The predicted octanol–water partition coefficient (Wildman–Crippen LogP) is 0.634. The molecule has 0 amide bonds. The molecule has 0 aromatic heterocycles. The number of aliphatic carboxylic acids is 1. The summed E-state index contributed by atoms with van der Waals surface area (Å²) in [4.78, 5) is 10.4. The number of hydrogen-bond donors (Lipinski definition) is 3. The van der Waals surface area contributed by atoms with Gasteiger partial charge in [0.15, 0.2) is 0 Å². The molecule has 0 aliphatic carbocycles. The fourth-order valence-corrected chi connectivity index (χ4v) is 2.44. The molecule has 0 aromatic rings. The normalized spacial score (nSPS) is 19.6. The van der Waals surface area contributed by atoms with Gasteiger partial charge < -0.3 is 10.8 Å². The molecule has 0 aliphatic heterocycles. The molecule has 3 atom stereocenters. The van der Waals surface area contributed by atoms with Gasteiger partial charge in [-0.05, 0) is 19.8 Å². The molecule has 0 fully saturated rings. The molecule has 0 aliphatic rings. The topological polar surface area (TPSA) is 104 Å². The first-order valence-corrected chi connectivity index (χ1v) is 6.34. The highest BCUT2D eigenvalue weighted by Crippen LogP contribution is 2.09. The lowest BCUT2D eigenvalue weighted by molar-refractivity contribution is -0.138. The van der Waals surface area contributed by atoms with Gasteiger partial charge in [-0.1, -0.05) is 6.92 Å². The van der Waals surface area contributed by atoms with E-state index >= 15 is 0 Å². The fourth-order valence-electron chi connectivity index (χ4n) is 0.896. The van der Waals surface area contributed by atoms with Crippen molar-refractivity contribution in [1.82, 2.24) is 0 Å². The minimum absolute atomic E-state index is 0.0650. The van der Waals surface area contributed by atoms with Crippen LogP contribution in [0.3, 0.4) is 0 Å². The summed E-state index contributed by atoms with van der Waals surface area (Å²) in [5, 5.41) is 8.29. The molecule has 0 spiro atoms. The minimum atomic E-state index is -2.68. The van der Waals surface area contributed by atoms with Crippen LogP contribution in [-0.2, 0) is 14.5 Å². The lowest BCUT2D eigenvalue weighted by Crippen LogP contribution is -2.33. The first-order chi connectivity index (χ1) is 6.31. The van der Waals surface area contributed by atoms with Gasteiger partial charge in [0.05, 0.1) is 0 Å². The average Bonchev–Trinajstić information content (AvgIpc) is 2.12. The van der Waals surface area contributed by atoms with Crippen LogP contribution in [-0.4, -0.2) is 32.3 Å². The van der Waals surface area contributed by atoms with E-state index < -0.39 is 21.7 Å². The van der Waals surface area contributed by atoms with Crippen molar-refractivity contribution >= 4 is 15.7 Å². The largest absolute Gasteiger partial charge is 0.480 e. The van der Waals surface area contributed by atoms with Crippen molar-refractivity contribution in [1.29, 1.82) is 4.78 Å². The van der Waals surface area contributed by atoms with Gasteiger partial charge in [-0.25, -0.2) is 4.21 Å². The van der Waals surface area contributed by atoms with Gasteiger partial charge in [0, 0.05) is 20.7 Å². The molecule has 4 N–H and O–H groups in total. The van der Waals surface area contributed by atoms with Crippen molar-refractivity contribution in [3.8, 4) is 0 Å². The Morgan fingerprint density at radius 1 is 1.64 bits per heavy atom. The summed E-state index contributed by atoms with van der Waals surface area (Å²) in [6.07, 6.45) is 0.757. The Hall–Kier alpha value is -0.620. The predicted molar refractivity (Wildman–Crippen MR) is 55.7 cm³/mol. The van der Waals surface area contributed by atoms with Gasteiger partial charge in [0.1, 0.15) is 6.04 Å².